The number of carbonyl (C=O) groups is 1. The monoisotopic (exact) mass is 253 g/mol. The van der Waals surface area contributed by atoms with E-state index in [0.29, 0.717) is 6.42 Å². The van der Waals surface area contributed by atoms with Crippen molar-refractivity contribution in [1.29, 1.82) is 0 Å². The maximum atomic E-state index is 11.3. The van der Waals surface area contributed by atoms with E-state index < -0.39 is 6.09 Å². The largest absolute Gasteiger partial charge is 0.504 e. The van der Waals surface area contributed by atoms with E-state index in [9.17, 15) is 9.90 Å². The summed E-state index contributed by atoms with van der Waals surface area (Å²) in [6, 6.07) is 4.51. The van der Waals surface area contributed by atoms with E-state index in [1.165, 1.54) is 12.1 Å². The normalized spacial score (nSPS) is 11.1. The van der Waals surface area contributed by atoms with Crippen molar-refractivity contribution >= 4 is 6.09 Å². The molecule has 5 heteroatoms. The Kier molecular flexibility index (Phi) is 4.42. The third-order valence-electron chi connectivity index (χ3n) is 2.14. The number of aromatic hydroxyl groups is 2. The Morgan fingerprint density at radius 2 is 1.94 bits per heavy atom. The van der Waals surface area contributed by atoms with E-state index in [0.717, 1.165) is 5.56 Å². The molecule has 0 aliphatic rings. The van der Waals surface area contributed by atoms with Gasteiger partial charge in [0.1, 0.15) is 0 Å². The fourth-order valence-electron chi connectivity index (χ4n) is 1.33. The number of phenols is 2. The molecule has 3 N–H and O–H groups in total. The van der Waals surface area contributed by atoms with Gasteiger partial charge in [0.25, 0.3) is 0 Å². The Labute approximate surface area is 106 Å². The lowest BCUT2D eigenvalue weighted by Crippen LogP contribution is -2.41. The lowest BCUT2D eigenvalue weighted by molar-refractivity contribution is 0.139. The number of benzene rings is 1. The number of alkyl carbamates (subject to hydrolysis) is 1. The number of rotatable bonds is 3. The van der Waals surface area contributed by atoms with Crippen LogP contribution < -0.4 is 5.32 Å². The van der Waals surface area contributed by atoms with Gasteiger partial charge in [-0.1, -0.05) is 6.07 Å². The Morgan fingerprint density at radius 3 is 2.50 bits per heavy atom. The molecular weight excluding hydrogens is 234 g/mol. The smallest absolute Gasteiger partial charge is 0.407 e. The summed E-state index contributed by atoms with van der Waals surface area (Å²) in [5, 5.41) is 21.1. The first-order valence-corrected chi connectivity index (χ1v) is 5.74. The molecule has 0 radical (unpaired) electrons. The summed E-state index contributed by atoms with van der Waals surface area (Å²) >= 11 is 0. The van der Waals surface area contributed by atoms with Crippen molar-refractivity contribution < 1.29 is 19.7 Å². The Morgan fingerprint density at radius 1 is 1.28 bits per heavy atom. The molecule has 0 atom stereocenters. The van der Waals surface area contributed by atoms with E-state index >= 15 is 0 Å². The summed E-state index contributed by atoms with van der Waals surface area (Å²) < 4.78 is 5.00. The van der Waals surface area contributed by atoms with Gasteiger partial charge in [-0.25, -0.2) is 4.79 Å². The lowest BCUT2D eigenvalue weighted by Gasteiger charge is -2.19. The van der Waals surface area contributed by atoms with Crippen molar-refractivity contribution in [3.05, 3.63) is 23.8 Å². The van der Waals surface area contributed by atoms with Gasteiger partial charge in [0.15, 0.2) is 11.5 Å². The number of phenolic OH excluding ortho intramolecular Hbond substituents is 2. The van der Waals surface area contributed by atoms with Crippen LogP contribution in [0.4, 0.5) is 4.79 Å². The summed E-state index contributed by atoms with van der Waals surface area (Å²) in [6.45, 7) is 5.82. The predicted octanol–water partition coefficient (Wildman–Crippen LogP) is 2.17. The van der Waals surface area contributed by atoms with Crippen LogP contribution in [-0.2, 0) is 11.2 Å². The fraction of sp³-hybridized carbons (Fsp3) is 0.462. The van der Waals surface area contributed by atoms with Crippen molar-refractivity contribution in [2.45, 2.75) is 32.7 Å². The summed E-state index contributed by atoms with van der Waals surface area (Å²) in [6.07, 6.45) is 0.0105. The molecule has 1 aromatic rings. The van der Waals surface area contributed by atoms with E-state index in [1.54, 1.807) is 6.07 Å². The first-order chi connectivity index (χ1) is 8.28. The van der Waals surface area contributed by atoms with Crippen LogP contribution in [-0.4, -0.2) is 28.5 Å². The summed E-state index contributed by atoms with van der Waals surface area (Å²) in [5.41, 5.74) is 0.460. The standard InChI is InChI=1S/C13H19NO4/c1-13(2,3)14-12(17)18-7-6-9-4-5-10(15)11(16)8-9/h4-5,8,15-16H,6-7H2,1-3H3,(H,14,17). The average molecular weight is 253 g/mol. The lowest BCUT2D eigenvalue weighted by atomic mass is 10.1. The van der Waals surface area contributed by atoms with Gasteiger partial charge in [0.2, 0.25) is 0 Å². The van der Waals surface area contributed by atoms with Crippen LogP contribution in [0, 0.1) is 0 Å². The van der Waals surface area contributed by atoms with Gasteiger partial charge in [-0.2, -0.15) is 0 Å². The first kappa shape index (κ1) is 14.2. The van der Waals surface area contributed by atoms with Gasteiger partial charge in [-0.3, -0.25) is 0 Å². The topological polar surface area (TPSA) is 78.8 Å². The highest BCUT2D eigenvalue weighted by Crippen LogP contribution is 2.24. The summed E-state index contributed by atoms with van der Waals surface area (Å²) in [5.74, 6) is -0.336. The number of carbonyl (C=O) groups excluding carboxylic acids is 1. The molecule has 0 spiro atoms. The highest BCUT2D eigenvalue weighted by molar-refractivity contribution is 5.68. The highest BCUT2D eigenvalue weighted by atomic mass is 16.5. The van der Waals surface area contributed by atoms with Crippen molar-refractivity contribution in [1.82, 2.24) is 5.32 Å². The van der Waals surface area contributed by atoms with Crippen LogP contribution in [0.2, 0.25) is 0 Å². The van der Waals surface area contributed by atoms with E-state index in [2.05, 4.69) is 5.32 Å². The second-order valence-electron chi connectivity index (χ2n) is 5.08. The van der Waals surface area contributed by atoms with Crippen molar-refractivity contribution in [2.75, 3.05) is 6.61 Å². The molecule has 5 nitrogen and oxygen atoms in total. The molecule has 0 aliphatic carbocycles. The quantitative estimate of drug-likeness (QED) is 0.721. The fourth-order valence-corrected chi connectivity index (χ4v) is 1.33. The van der Waals surface area contributed by atoms with Crippen LogP contribution in [0.3, 0.4) is 0 Å². The molecule has 100 valence electrons. The molecule has 0 aromatic heterocycles. The zero-order valence-electron chi connectivity index (χ0n) is 10.9. The van der Waals surface area contributed by atoms with Crippen LogP contribution in [0.5, 0.6) is 11.5 Å². The molecular formula is C13H19NO4. The van der Waals surface area contributed by atoms with Crippen LogP contribution in [0.1, 0.15) is 26.3 Å². The van der Waals surface area contributed by atoms with Crippen LogP contribution in [0.25, 0.3) is 0 Å². The van der Waals surface area contributed by atoms with Crippen LogP contribution in [0.15, 0.2) is 18.2 Å². The zero-order chi connectivity index (χ0) is 13.8. The average Bonchev–Trinajstić information content (AvgIpc) is 2.20. The highest BCUT2D eigenvalue weighted by Gasteiger charge is 2.14. The third-order valence-corrected chi connectivity index (χ3v) is 2.14. The minimum atomic E-state index is -0.467. The number of hydrogen-bond acceptors (Lipinski definition) is 4. The molecule has 0 heterocycles. The molecule has 0 aliphatic heterocycles. The molecule has 0 saturated heterocycles. The SMILES string of the molecule is CC(C)(C)NC(=O)OCCc1ccc(O)c(O)c1. The predicted molar refractivity (Wildman–Crippen MR) is 67.7 cm³/mol. The number of nitrogens with one attached hydrogen (secondary N) is 1. The molecule has 0 unspecified atom stereocenters. The van der Waals surface area contributed by atoms with E-state index in [4.69, 9.17) is 9.84 Å². The minimum absolute atomic E-state index is 0.162. The Balaban J connectivity index is 2.38. The van der Waals surface area contributed by atoms with Crippen LogP contribution >= 0.6 is 0 Å². The first-order valence-electron chi connectivity index (χ1n) is 5.74. The second kappa shape index (κ2) is 5.62. The van der Waals surface area contributed by atoms with Gasteiger partial charge < -0.3 is 20.3 Å². The molecule has 0 fully saturated rings. The molecule has 0 bridgehead atoms. The maximum Gasteiger partial charge on any atom is 0.407 e. The number of hydrogen-bond donors (Lipinski definition) is 3. The Hall–Kier alpha value is -1.91. The van der Waals surface area contributed by atoms with Gasteiger partial charge >= 0.3 is 6.09 Å². The third kappa shape index (κ3) is 4.95. The molecule has 18 heavy (non-hydrogen) atoms. The zero-order valence-corrected chi connectivity index (χ0v) is 10.9. The molecule has 1 amide bonds. The maximum absolute atomic E-state index is 11.3. The Bertz CT molecular complexity index is 423. The van der Waals surface area contributed by atoms with Gasteiger partial charge in [-0.15, -0.1) is 0 Å². The van der Waals surface area contributed by atoms with E-state index in [1.807, 2.05) is 20.8 Å². The number of amides is 1. The summed E-state index contributed by atoms with van der Waals surface area (Å²) in [7, 11) is 0. The minimum Gasteiger partial charge on any atom is -0.504 e. The molecule has 1 aromatic carbocycles. The van der Waals surface area contributed by atoms with Gasteiger partial charge in [-0.05, 0) is 38.5 Å². The van der Waals surface area contributed by atoms with Crippen molar-refractivity contribution in [3.63, 3.8) is 0 Å². The summed E-state index contributed by atoms with van der Waals surface area (Å²) in [4.78, 5) is 11.3. The van der Waals surface area contributed by atoms with Gasteiger partial charge in [0.05, 0.1) is 6.61 Å². The van der Waals surface area contributed by atoms with Gasteiger partial charge in [0, 0.05) is 12.0 Å². The molecule has 1 rings (SSSR count). The van der Waals surface area contributed by atoms with Crippen molar-refractivity contribution in [3.8, 4) is 11.5 Å². The second-order valence-corrected chi connectivity index (χ2v) is 5.08. The number of ether oxygens (including phenoxy) is 1. The molecule has 0 saturated carbocycles. The van der Waals surface area contributed by atoms with Crippen molar-refractivity contribution in [2.24, 2.45) is 0 Å². The van der Waals surface area contributed by atoms with E-state index in [-0.39, 0.29) is 23.6 Å².